The molecule has 8 heteroatoms. The van der Waals surface area contributed by atoms with Crippen molar-refractivity contribution in [2.24, 2.45) is 0 Å². The quantitative estimate of drug-likeness (QED) is 0.778. The molecule has 102 valence electrons. The molecule has 0 saturated heterocycles. The zero-order chi connectivity index (χ0) is 13.9. The summed E-state index contributed by atoms with van der Waals surface area (Å²) in [6, 6.07) is 1.27. The van der Waals surface area contributed by atoms with Crippen LogP contribution >= 0.6 is 11.6 Å². The number of ether oxygens (including phenoxy) is 2. The minimum atomic E-state index is -3.70. The lowest BCUT2D eigenvalue weighted by Gasteiger charge is -2.13. The van der Waals surface area contributed by atoms with E-state index < -0.39 is 22.5 Å². The first-order valence-electron chi connectivity index (χ1n) is 4.73. The van der Waals surface area contributed by atoms with E-state index in [4.69, 9.17) is 21.1 Å². The standard InChI is InChI=1S/C10H12ClFO5S/c1-15-7-4-8(16-2)10(12)6(9(7)11)5-17-18(3,13)14/h4H,5H2,1-3H3. The molecule has 1 aromatic carbocycles. The highest BCUT2D eigenvalue weighted by atomic mass is 35.5. The molecular formula is C10H12ClFO5S. The van der Waals surface area contributed by atoms with Crippen LogP contribution in [0.1, 0.15) is 5.56 Å². The Kier molecular flexibility index (Phi) is 4.78. The van der Waals surface area contributed by atoms with Crippen molar-refractivity contribution >= 4 is 21.7 Å². The highest BCUT2D eigenvalue weighted by molar-refractivity contribution is 7.85. The molecule has 0 aliphatic carbocycles. The number of hydrogen-bond acceptors (Lipinski definition) is 5. The van der Waals surface area contributed by atoms with Gasteiger partial charge in [-0.15, -0.1) is 0 Å². The fourth-order valence-electron chi connectivity index (χ4n) is 1.23. The van der Waals surface area contributed by atoms with Crippen LogP contribution in [-0.4, -0.2) is 28.9 Å². The molecule has 0 fully saturated rings. The Morgan fingerprint density at radius 1 is 1.28 bits per heavy atom. The van der Waals surface area contributed by atoms with E-state index in [0.717, 1.165) is 6.26 Å². The SMILES string of the molecule is COc1cc(OC)c(Cl)c(COS(C)(=O)=O)c1F. The van der Waals surface area contributed by atoms with E-state index in [1.54, 1.807) is 0 Å². The Hall–Kier alpha value is -1.05. The smallest absolute Gasteiger partial charge is 0.264 e. The monoisotopic (exact) mass is 298 g/mol. The summed E-state index contributed by atoms with van der Waals surface area (Å²) in [5.74, 6) is -0.725. The van der Waals surface area contributed by atoms with Crippen LogP contribution in [0.3, 0.4) is 0 Å². The maximum atomic E-state index is 13.9. The van der Waals surface area contributed by atoms with Gasteiger partial charge in [-0.05, 0) is 0 Å². The van der Waals surface area contributed by atoms with E-state index in [-0.39, 0.29) is 22.1 Å². The minimum Gasteiger partial charge on any atom is -0.495 e. The summed E-state index contributed by atoms with van der Waals surface area (Å²) in [5, 5.41) is -0.0561. The van der Waals surface area contributed by atoms with Gasteiger partial charge in [-0.3, -0.25) is 4.18 Å². The second-order valence-corrected chi connectivity index (χ2v) is 5.38. The summed E-state index contributed by atoms with van der Waals surface area (Å²) < 4.78 is 49.9. The molecule has 1 rings (SSSR count). The number of methoxy groups -OCH3 is 2. The molecule has 0 aliphatic heterocycles. The molecule has 0 bridgehead atoms. The molecule has 0 atom stereocenters. The van der Waals surface area contributed by atoms with Crippen molar-refractivity contribution < 1.29 is 26.5 Å². The molecular weight excluding hydrogens is 287 g/mol. The van der Waals surface area contributed by atoms with Gasteiger partial charge in [0.15, 0.2) is 11.6 Å². The van der Waals surface area contributed by atoms with E-state index >= 15 is 0 Å². The minimum absolute atomic E-state index is 0.0561. The largest absolute Gasteiger partial charge is 0.495 e. The van der Waals surface area contributed by atoms with Gasteiger partial charge in [-0.25, -0.2) is 4.39 Å². The Morgan fingerprint density at radius 3 is 2.28 bits per heavy atom. The summed E-state index contributed by atoms with van der Waals surface area (Å²) in [6.45, 7) is -0.531. The zero-order valence-corrected chi connectivity index (χ0v) is 11.6. The lowest BCUT2D eigenvalue weighted by atomic mass is 10.2. The summed E-state index contributed by atoms with van der Waals surface area (Å²) >= 11 is 5.88. The number of hydrogen-bond donors (Lipinski definition) is 0. The number of rotatable bonds is 5. The van der Waals surface area contributed by atoms with Gasteiger partial charge in [0.1, 0.15) is 5.75 Å². The van der Waals surface area contributed by atoms with E-state index in [2.05, 4.69) is 4.18 Å². The lowest BCUT2D eigenvalue weighted by Crippen LogP contribution is -2.06. The van der Waals surface area contributed by atoms with Crippen molar-refractivity contribution in [1.29, 1.82) is 0 Å². The number of halogens is 2. The van der Waals surface area contributed by atoms with Crippen LogP contribution in [0.5, 0.6) is 11.5 Å². The van der Waals surface area contributed by atoms with Crippen molar-refractivity contribution in [2.75, 3.05) is 20.5 Å². The number of benzene rings is 1. The van der Waals surface area contributed by atoms with Crippen LogP contribution in [0.15, 0.2) is 6.07 Å². The van der Waals surface area contributed by atoms with E-state index in [0.29, 0.717) is 0 Å². The highest BCUT2D eigenvalue weighted by Crippen LogP contribution is 2.36. The molecule has 5 nitrogen and oxygen atoms in total. The summed E-state index contributed by atoms with van der Waals surface area (Å²) in [6.07, 6.45) is 0.857. The average molecular weight is 299 g/mol. The molecule has 0 aliphatic rings. The molecule has 1 aromatic rings. The molecule has 0 heterocycles. The van der Waals surface area contributed by atoms with Crippen LogP contribution in [0.25, 0.3) is 0 Å². The molecule has 0 aromatic heterocycles. The second-order valence-electron chi connectivity index (χ2n) is 3.35. The second kappa shape index (κ2) is 5.73. The van der Waals surface area contributed by atoms with E-state index in [1.165, 1.54) is 20.3 Å². The van der Waals surface area contributed by atoms with Crippen molar-refractivity contribution in [3.8, 4) is 11.5 Å². The van der Waals surface area contributed by atoms with Crippen LogP contribution in [-0.2, 0) is 20.9 Å². The molecule has 18 heavy (non-hydrogen) atoms. The predicted molar refractivity (Wildman–Crippen MR) is 64.1 cm³/mol. The third-order valence-electron chi connectivity index (χ3n) is 2.08. The lowest BCUT2D eigenvalue weighted by molar-refractivity contribution is 0.299. The summed E-state index contributed by atoms with van der Waals surface area (Å²) in [5.41, 5.74) is -0.140. The van der Waals surface area contributed by atoms with Gasteiger partial charge in [0.2, 0.25) is 0 Å². The zero-order valence-electron chi connectivity index (χ0n) is 9.99. The van der Waals surface area contributed by atoms with Crippen molar-refractivity contribution in [2.45, 2.75) is 6.61 Å². The van der Waals surface area contributed by atoms with Crippen LogP contribution in [0, 0.1) is 5.82 Å². The fraction of sp³-hybridized carbons (Fsp3) is 0.400. The predicted octanol–water partition coefficient (Wildman–Crippen LogP) is 1.97. The Balaban J connectivity index is 3.23. The van der Waals surface area contributed by atoms with Gasteiger partial charge in [-0.2, -0.15) is 8.42 Å². The van der Waals surface area contributed by atoms with Crippen LogP contribution in [0.2, 0.25) is 5.02 Å². The molecule has 0 amide bonds. The van der Waals surface area contributed by atoms with Crippen LogP contribution in [0.4, 0.5) is 4.39 Å². The first kappa shape index (κ1) is 15.0. The average Bonchev–Trinajstić information content (AvgIpc) is 2.28. The maximum Gasteiger partial charge on any atom is 0.264 e. The molecule has 0 unspecified atom stereocenters. The summed E-state index contributed by atoms with van der Waals surface area (Å²) in [7, 11) is -1.08. The summed E-state index contributed by atoms with van der Waals surface area (Å²) in [4.78, 5) is 0. The molecule has 0 spiro atoms. The first-order valence-corrected chi connectivity index (χ1v) is 6.92. The Bertz CT molecular complexity index is 515. The van der Waals surface area contributed by atoms with Crippen molar-refractivity contribution in [1.82, 2.24) is 0 Å². The molecule has 0 saturated carbocycles. The first-order chi connectivity index (χ1) is 8.30. The normalized spacial score (nSPS) is 11.4. The van der Waals surface area contributed by atoms with Gasteiger partial charge in [0.25, 0.3) is 10.1 Å². The van der Waals surface area contributed by atoms with E-state index in [9.17, 15) is 12.8 Å². The fourth-order valence-corrected chi connectivity index (χ4v) is 1.83. The molecule has 0 radical (unpaired) electrons. The van der Waals surface area contributed by atoms with Gasteiger partial charge in [0.05, 0.1) is 32.1 Å². The van der Waals surface area contributed by atoms with Gasteiger partial charge in [-0.1, -0.05) is 11.6 Å². The van der Waals surface area contributed by atoms with Crippen molar-refractivity contribution in [3.05, 3.63) is 22.5 Å². The van der Waals surface area contributed by atoms with Gasteiger partial charge in [0, 0.05) is 11.6 Å². The Morgan fingerprint density at radius 2 is 1.83 bits per heavy atom. The molecule has 0 N–H and O–H groups in total. The van der Waals surface area contributed by atoms with Gasteiger partial charge < -0.3 is 9.47 Å². The topological polar surface area (TPSA) is 61.8 Å². The van der Waals surface area contributed by atoms with Crippen LogP contribution < -0.4 is 9.47 Å². The maximum absolute atomic E-state index is 13.9. The highest BCUT2D eigenvalue weighted by Gasteiger charge is 2.19. The third-order valence-corrected chi connectivity index (χ3v) is 3.04. The van der Waals surface area contributed by atoms with Gasteiger partial charge >= 0.3 is 0 Å². The Labute approximate surface area is 110 Å². The van der Waals surface area contributed by atoms with E-state index in [1.807, 2.05) is 0 Å². The third kappa shape index (κ3) is 3.47. The van der Waals surface area contributed by atoms with Crippen molar-refractivity contribution in [3.63, 3.8) is 0 Å².